The fourth-order valence-electron chi connectivity index (χ4n) is 4.44. The molecular formula is C27H38N6O4. The lowest BCUT2D eigenvalue weighted by Crippen LogP contribution is -2.57. The van der Waals surface area contributed by atoms with Crippen molar-refractivity contribution in [3.63, 3.8) is 0 Å². The molecular weight excluding hydrogens is 472 g/mol. The molecule has 2 aromatic carbocycles. The summed E-state index contributed by atoms with van der Waals surface area (Å²) in [4.78, 5) is 28.4. The van der Waals surface area contributed by atoms with Crippen LogP contribution in [0, 0.1) is 5.41 Å². The quantitative estimate of drug-likeness (QED) is 0.225. The molecule has 1 aliphatic rings. The number of carbonyl (C=O) groups excluding carboxylic acids is 2. The third-order valence-corrected chi connectivity index (χ3v) is 6.47. The van der Waals surface area contributed by atoms with Crippen LogP contribution < -0.4 is 26.8 Å². The Labute approximate surface area is 218 Å². The van der Waals surface area contributed by atoms with Crippen LogP contribution in [-0.2, 0) is 20.7 Å². The second-order valence-electron chi connectivity index (χ2n) is 9.10. The largest absolute Gasteiger partial charge is 0.494 e. The molecule has 0 unspecified atom stereocenters. The van der Waals surface area contributed by atoms with Crippen molar-refractivity contribution in [1.82, 2.24) is 15.5 Å². The topological polar surface area (TPSA) is 156 Å². The van der Waals surface area contributed by atoms with E-state index in [1.165, 1.54) is 7.11 Å². The van der Waals surface area contributed by atoms with Gasteiger partial charge in [0.1, 0.15) is 17.9 Å². The van der Waals surface area contributed by atoms with Crippen LogP contribution in [0.3, 0.4) is 0 Å². The first-order chi connectivity index (χ1) is 17.8. The number of methoxy groups -OCH3 is 1. The number of nitrogens with two attached hydrogens (primary N) is 2. The maximum absolute atomic E-state index is 13.5. The molecule has 3 rings (SSSR count). The Kier molecular flexibility index (Phi) is 10.3. The summed E-state index contributed by atoms with van der Waals surface area (Å²) in [5.41, 5.74) is 13.5. The monoisotopic (exact) mass is 510 g/mol. The summed E-state index contributed by atoms with van der Waals surface area (Å²) in [5.74, 6) is -0.0158. The molecule has 3 atom stereocenters. The van der Waals surface area contributed by atoms with Crippen molar-refractivity contribution in [1.29, 1.82) is 5.41 Å². The summed E-state index contributed by atoms with van der Waals surface area (Å²) in [6, 6.07) is 14.8. The van der Waals surface area contributed by atoms with Crippen LogP contribution >= 0.6 is 0 Å². The molecule has 0 radical (unpaired) electrons. The number of ether oxygens (including phenoxy) is 2. The first kappa shape index (κ1) is 27.9. The Balaban J connectivity index is 1.71. The molecule has 1 aliphatic heterocycles. The van der Waals surface area contributed by atoms with Crippen LogP contribution in [0.15, 0.2) is 54.6 Å². The summed E-state index contributed by atoms with van der Waals surface area (Å²) in [5, 5.41) is 13.5. The fraction of sp³-hybridized carbons (Fsp3) is 0.444. The van der Waals surface area contributed by atoms with Crippen molar-refractivity contribution < 1.29 is 19.1 Å². The van der Waals surface area contributed by atoms with E-state index in [1.54, 1.807) is 4.90 Å². The number of hydrogen-bond acceptors (Lipinski definition) is 6. The van der Waals surface area contributed by atoms with E-state index in [2.05, 4.69) is 10.6 Å². The number of benzene rings is 2. The molecule has 37 heavy (non-hydrogen) atoms. The zero-order chi connectivity index (χ0) is 26.8. The second-order valence-corrected chi connectivity index (χ2v) is 9.10. The second kappa shape index (κ2) is 13.6. The molecule has 7 N–H and O–H groups in total. The molecule has 0 aliphatic carbocycles. The summed E-state index contributed by atoms with van der Waals surface area (Å²) in [7, 11) is 1.51. The number of hydrogen-bond donors (Lipinski definition) is 5. The fourth-order valence-corrected chi connectivity index (χ4v) is 4.44. The molecule has 0 aromatic heterocycles. The van der Waals surface area contributed by atoms with E-state index in [0.29, 0.717) is 39.0 Å². The average Bonchev–Trinajstić information content (AvgIpc) is 2.90. The Morgan fingerprint density at radius 2 is 1.73 bits per heavy atom. The number of piperidine rings is 1. The van der Waals surface area contributed by atoms with Crippen LogP contribution in [0.2, 0.25) is 0 Å². The van der Waals surface area contributed by atoms with Crippen molar-refractivity contribution in [2.24, 2.45) is 11.5 Å². The van der Waals surface area contributed by atoms with Crippen LogP contribution in [-0.4, -0.2) is 67.6 Å². The van der Waals surface area contributed by atoms with Gasteiger partial charge in [-0.2, -0.15) is 0 Å². The standard InChI is InChI=1S/C27H38N6O4/c1-3-37-21-11-9-18(10-12-21)17-22(28)25(34)32-23(24(36-2)19-7-5-4-6-8-19)26(35)31-20-13-15-33(16-14-20)27(29)30/h4-12,20,22-24H,3,13-17,28H2,1-2H3,(H3,29,30)(H,31,35)(H,32,34)/t22-,23+,24+/m1/s1. The minimum absolute atomic E-state index is 0.0277. The smallest absolute Gasteiger partial charge is 0.245 e. The van der Waals surface area contributed by atoms with E-state index in [4.69, 9.17) is 26.4 Å². The Bertz CT molecular complexity index is 1020. The van der Waals surface area contributed by atoms with Crippen LogP contribution in [0.4, 0.5) is 0 Å². The molecule has 1 saturated heterocycles. The van der Waals surface area contributed by atoms with Gasteiger partial charge in [0.05, 0.1) is 12.6 Å². The molecule has 1 fully saturated rings. The van der Waals surface area contributed by atoms with Crippen molar-refractivity contribution >= 4 is 17.8 Å². The molecule has 0 bridgehead atoms. The Hall–Kier alpha value is -3.63. The van der Waals surface area contributed by atoms with Gasteiger partial charge in [-0.1, -0.05) is 42.5 Å². The van der Waals surface area contributed by atoms with Gasteiger partial charge in [0.25, 0.3) is 0 Å². The minimum atomic E-state index is -0.989. The molecule has 2 amide bonds. The lowest BCUT2D eigenvalue weighted by molar-refractivity contribution is -0.133. The number of rotatable bonds is 11. The lowest BCUT2D eigenvalue weighted by atomic mass is 9.98. The SMILES string of the molecule is CCOc1ccc(C[C@@H](N)C(=O)N[C@H](C(=O)NC2CCN(C(=N)N)CC2)[C@@H](OC)c2ccccc2)cc1. The summed E-state index contributed by atoms with van der Waals surface area (Å²) >= 11 is 0. The van der Waals surface area contributed by atoms with Crippen molar-refractivity contribution in [3.05, 3.63) is 65.7 Å². The van der Waals surface area contributed by atoms with E-state index < -0.39 is 24.1 Å². The number of guanidine groups is 1. The molecule has 2 aromatic rings. The van der Waals surface area contributed by atoms with Gasteiger partial charge in [-0.05, 0) is 49.4 Å². The first-order valence-electron chi connectivity index (χ1n) is 12.6. The Morgan fingerprint density at radius 1 is 1.08 bits per heavy atom. The summed E-state index contributed by atoms with van der Waals surface area (Å²) < 4.78 is 11.2. The van der Waals surface area contributed by atoms with Gasteiger partial charge in [-0.25, -0.2) is 0 Å². The highest BCUT2D eigenvalue weighted by molar-refractivity contribution is 5.90. The third kappa shape index (κ3) is 7.93. The third-order valence-electron chi connectivity index (χ3n) is 6.47. The number of carbonyl (C=O) groups is 2. The number of amides is 2. The summed E-state index contributed by atoms with van der Waals surface area (Å²) in [6.07, 6.45) is 0.887. The zero-order valence-electron chi connectivity index (χ0n) is 21.5. The van der Waals surface area contributed by atoms with Crippen LogP contribution in [0.5, 0.6) is 5.75 Å². The van der Waals surface area contributed by atoms with E-state index in [0.717, 1.165) is 16.9 Å². The van der Waals surface area contributed by atoms with Gasteiger partial charge in [0.15, 0.2) is 5.96 Å². The number of likely N-dealkylation sites (tertiary alicyclic amines) is 1. The van der Waals surface area contributed by atoms with Crippen molar-refractivity contribution in [2.45, 2.75) is 50.4 Å². The van der Waals surface area contributed by atoms with Crippen LogP contribution in [0.1, 0.15) is 37.0 Å². The van der Waals surface area contributed by atoms with E-state index in [-0.39, 0.29) is 17.9 Å². The highest BCUT2D eigenvalue weighted by Crippen LogP contribution is 2.22. The van der Waals surface area contributed by atoms with Gasteiger partial charge in [-0.15, -0.1) is 0 Å². The molecule has 0 saturated carbocycles. The van der Waals surface area contributed by atoms with Gasteiger partial charge in [0.2, 0.25) is 11.8 Å². The molecule has 0 spiro atoms. The van der Waals surface area contributed by atoms with E-state index in [1.807, 2.05) is 61.5 Å². The van der Waals surface area contributed by atoms with Gasteiger partial charge in [-0.3, -0.25) is 15.0 Å². The molecule has 10 nitrogen and oxygen atoms in total. The molecule has 1 heterocycles. The maximum Gasteiger partial charge on any atom is 0.245 e. The van der Waals surface area contributed by atoms with E-state index in [9.17, 15) is 9.59 Å². The van der Waals surface area contributed by atoms with Crippen molar-refractivity contribution in [2.75, 3.05) is 26.8 Å². The predicted molar refractivity (Wildman–Crippen MR) is 142 cm³/mol. The minimum Gasteiger partial charge on any atom is -0.494 e. The van der Waals surface area contributed by atoms with Gasteiger partial charge < -0.3 is 36.5 Å². The lowest BCUT2D eigenvalue weighted by Gasteiger charge is -2.34. The predicted octanol–water partition coefficient (Wildman–Crippen LogP) is 1.30. The normalized spacial score (nSPS) is 16.4. The van der Waals surface area contributed by atoms with Gasteiger partial charge in [0, 0.05) is 26.2 Å². The summed E-state index contributed by atoms with van der Waals surface area (Å²) in [6.45, 7) is 3.65. The van der Waals surface area contributed by atoms with Crippen LogP contribution in [0.25, 0.3) is 0 Å². The highest BCUT2D eigenvalue weighted by atomic mass is 16.5. The van der Waals surface area contributed by atoms with Crippen molar-refractivity contribution in [3.8, 4) is 5.75 Å². The maximum atomic E-state index is 13.5. The molecule has 200 valence electrons. The average molecular weight is 511 g/mol. The van der Waals surface area contributed by atoms with E-state index >= 15 is 0 Å². The number of nitrogens with one attached hydrogen (secondary N) is 3. The van der Waals surface area contributed by atoms with Gasteiger partial charge >= 0.3 is 0 Å². The molecule has 10 heteroatoms. The number of nitrogens with zero attached hydrogens (tertiary/aromatic N) is 1. The zero-order valence-corrected chi connectivity index (χ0v) is 21.5. The Morgan fingerprint density at radius 3 is 2.30 bits per heavy atom. The highest BCUT2D eigenvalue weighted by Gasteiger charge is 2.34. The first-order valence-corrected chi connectivity index (χ1v) is 12.6.